The zero-order chi connectivity index (χ0) is 13.1. The van der Waals surface area contributed by atoms with Crippen LogP contribution >= 0.6 is 0 Å². The van der Waals surface area contributed by atoms with Crippen molar-refractivity contribution >= 4 is 0 Å². The predicted molar refractivity (Wildman–Crippen MR) is 70.7 cm³/mol. The molecule has 3 rings (SSSR count). The fourth-order valence-corrected chi connectivity index (χ4v) is 2.77. The fraction of sp³-hybridized carbons (Fsp3) is 0.625. The fourth-order valence-electron chi connectivity index (χ4n) is 2.77. The Balaban J connectivity index is 2.20. The smallest absolute Gasteiger partial charge is 0.168 e. The van der Waals surface area contributed by atoms with Crippen LogP contribution in [0.1, 0.15) is 75.0 Å². The second-order valence-corrected chi connectivity index (χ2v) is 6.89. The zero-order valence-electron chi connectivity index (χ0n) is 11.4. The minimum absolute atomic E-state index is 0.0594. The van der Waals surface area contributed by atoms with Gasteiger partial charge in [-0.15, -0.1) is 0 Å². The maximum Gasteiger partial charge on any atom is 0.168 e. The molecule has 1 aromatic rings. The highest BCUT2D eigenvalue weighted by Gasteiger charge is 2.37. The number of aromatic hydroxyl groups is 1. The summed E-state index contributed by atoms with van der Waals surface area (Å²) in [7, 11) is 0. The van der Waals surface area contributed by atoms with E-state index in [0.29, 0.717) is 11.8 Å². The highest BCUT2D eigenvalue weighted by atomic mass is 19.1. The Morgan fingerprint density at radius 1 is 1.11 bits per heavy atom. The van der Waals surface area contributed by atoms with Crippen LogP contribution in [-0.4, -0.2) is 5.11 Å². The van der Waals surface area contributed by atoms with E-state index in [4.69, 9.17) is 0 Å². The maximum absolute atomic E-state index is 14.5. The van der Waals surface area contributed by atoms with Gasteiger partial charge in [0.05, 0.1) is 0 Å². The topological polar surface area (TPSA) is 20.2 Å². The molecule has 2 saturated carbocycles. The SMILES string of the molecule is CC(C)(C)c1cc(C2CC2)c(O)c(F)c1C1CC1. The molecule has 0 aromatic heterocycles. The molecule has 0 bridgehead atoms. The Morgan fingerprint density at radius 3 is 2.11 bits per heavy atom. The van der Waals surface area contributed by atoms with Crippen LogP contribution in [0.2, 0.25) is 0 Å². The minimum Gasteiger partial charge on any atom is -0.505 e. The standard InChI is InChI=1S/C16H21FO/c1-16(2,3)12-8-11(9-4-5-9)15(18)14(17)13(12)10-6-7-10/h8-10,18H,4-7H2,1-3H3. The summed E-state index contributed by atoms with van der Waals surface area (Å²) in [4.78, 5) is 0. The van der Waals surface area contributed by atoms with Crippen LogP contribution in [0.25, 0.3) is 0 Å². The molecule has 0 saturated heterocycles. The summed E-state index contributed by atoms with van der Waals surface area (Å²) >= 11 is 0. The van der Waals surface area contributed by atoms with Crippen molar-refractivity contribution in [2.45, 2.75) is 63.7 Å². The van der Waals surface area contributed by atoms with E-state index in [0.717, 1.165) is 42.4 Å². The minimum atomic E-state index is -0.341. The second kappa shape index (κ2) is 3.72. The van der Waals surface area contributed by atoms with E-state index in [1.165, 1.54) is 0 Å². The summed E-state index contributed by atoms with van der Waals surface area (Å²) in [6.07, 6.45) is 4.28. The normalized spacial score (nSPS) is 20.2. The van der Waals surface area contributed by atoms with E-state index < -0.39 is 0 Å². The number of hydrogen-bond donors (Lipinski definition) is 1. The summed E-state index contributed by atoms with van der Waals surface area (Å²) in [6, 6.07) is 2.07. The van der Waals surface area contributed by atoms with Crippen molar-refractivity contribution in [3.63, 3.8) is 0 Å². The third kappa shape index (κ3) is 1.92. The molecule has 0 spiro atoms. The lowest BCUT2D eigenvalue weighted by Crippen LogP contribution is -2.16. The van der Waals surface area contributed by atoms with E-state index in [9.17, 15) is 9.50 Å². The third-order valence-electron chi connectivity index (χ3n) is 4.12. The number of rotatable bonds is 2. The van der Waals surface area contributed by atoms with Crippen molar-refractivity contribution in [3.8, 4) is 5.75 Å². The average molecular weight is 248 g/mol. The van der Waals surface area contributed by atoms with Gasteiger partial charge in [-0.25, -0.2) is 4.39 Å². The van der Waals surface area contributed by atoms with Crippen molar-refractivity contribution in [2.24, 2.45) is 0 Å². The molecule has 2 fully saturated rings. The van der Waals surface area contributed by atoms with Crippen LogP contribution in [0.5, 0.6) is 5.75 Å². The van der Waals surface area contributed by atoms with Crippen molar-refractivity contribution in [1.82, 2.24) is 0 Å². The largest absolute Gasteiger partial charge is 0.505 e. The van der Waals surface area contributed by atoms with Gasteiger partial charge in [0.1, 0.15) is 0 Å². The Kier molecular flexibility index (Phi) is 2.48. The Labute approximate surface area is 108 Å². The molecule has 2 aliphatic carbocycles. The summed E-state index contributed by atoms with van der Waals surface area (Å²) in [5, 5.41) is 10.1. The number of benzene rings is 1. The molecule has 0 amide bonds. The lowest BCUT2D eigenvalue weighted by molar-refractivity contribution is 0.418. The van der Waals surface area contributed by atoms with Gasteiger partial charge in [-0.05, 0) is 54.1 Å². The lowest BCUT2D eigenvalue weighted by atomic mass is 9.80. The molecule has 98 valence electrons. The van der Waals surface area contributed by atoms with Gasteiger partial charge in [0, 0.05) is 5.56 Å². The number of phenols is 1. The number of hydrogen-bond acceptors (Lipinski definition) is 1. The molecule has 18 heavy (non-hydrogen) atoms. The molecule has 0 aliphatic heterocycles. The molecular formula is C16H21FO. The molecule has 1 nitrogen and oxygen atoms in total. The first-order valence-electron chi connectivity index (χ1n) is 6.95. The summed E-state index contributed by atoms with van der Waals surface area (Å²) < 4.78 is 14.5. The Bertz CT molecular complexity index is 491. The maximum atomic E-state index is 14.5. The molecule has 2 aliphatic rings. The molecular weight excluding hydrogens is 227 g/mol. The highest BCUT2D eigenvalue weighted by Crippen LogP contribution is 2.52. The monoisotopic (exact) mass is 248 g/mol. The van der Waals surface area contributed by atoms with E-state index in [1.807, 2.05) is 0 Å². The first-order valence-corrected chi connectivity index (χ1v) is 6.95. The molecule has 1 N–H and O–H groups in total. The predicted octanol–water partition coefficient (Wildman–Crippen LogP) is 4.58. The van der Waals surface area contributed by atoms with Crippen molar-refractivity contribution in [2.75, 3.05) is 0 Å². The zero-order valence-corrected chi connectivity index (χ0v) is 11.4. The summed E-state index contributed by atoms with van der Waals surface area (Å²) in [5.74, 6) is 0.298. The quantitative estimate of drug-likeness (QED) is 0.812. The Morgan fingerprint density at radius 2 is 1.67 bits per heavy atom. The van der Waals surface area contributed by atoms with Crippen molar-refractivity contribution in [1.29, 1.82) is 0 Å². The van der Waals surface area contributed by atoms with Gasteiger partial charge in [-0.3, -0.25) is 0 Å². The van der Waals surface area contributed by atoms with Crippen molar-refractivity contribution < 1.29 is 9.50 Å². The van der Waals surface area contributed by atoms with Crippen LogP contribution in [0.4, 0.5) is 4.39 Å². The van der Waals surface area contributed by atoms with E-state index in [2.05, 4.69) is 26.8 Å². The molecule has 0 heterocycles. The highest BCUT2D eigenvalue weighted by molar-refractivity contribution is 5.51. The van der Waals surface area contributed by atoms with Crippen LogP contribution in [0.15, 0.2) is 6.07 Å². The molecule has 0 radical (unpaired) electrons. The number of phenolic OH excluding ortho intramolecular Hbond substituents is 1. The summed E-state index contributed by atoms with van der Waals surface area (Å²) in [6.45, 7) is 6.38. The lowest BCUT2D eigenvalue weighted by Gasteiger charge is -2.25. The number of halogens is 1. The third-order valence-corrected chi connectivity index (χ3v) is 4.12. The second-order valence-electron chi connectivity index (χ2n) is 6.89. The Hall–Kier alpha value is -1.05. The van der Waals surface area contributed by atoms with Gasteiger partial charge < -0.3 is 5.11 Å². The van der Waals surface area contributed by atoms with E-state index in [-0.39, 0.29) is 17.0 Å². The first-order chi connectivity index (χ1) is 8.39. The van der Waals surface area contributed by atoms with Gasteiger partial charge in [0.25, 0.3) is 0 Å². The molecule has 0 unspecified atom stereocenters. The van der Waals surface area contributed by atoms with E-state index in [1.54, 1.807) is 0 Å². The van der Waals surface area contributed by atoms with Crippen molar-refractivity contribution in [3.05, 3.63) is 28.6 Å². The van der Waals surface area contributed by atoms with Crippen LogP contribution in [-0.2, 0) is 5.41 Å². The molecule has 1 aromatic carbocycles. The van der Waals surface area contributed by atoms with Gasteiger partial charge in [-0.1, -0.05) is 26.8 Å². The molecule has 0 atom stereocenters. The van der Waals surface area contributed by atoms with Gasteiger partial charge >= 0.3 is 0 Å². The van der Waals surface area contributed by atoms with Gasteiger partial charge in [0.2, 0.25) is 0 Å². The van der Waals surface area contributed by atoms with E-state index >= 15 is 0 Å². The van der Waals surface area contributed by atoms with Crippen LogP contribution < -0.4 is 0 Å². The first kappa shape index (κ1) is 12.0. The van der Waals surface area contributed by atoms with Gasteiger partial charge in [-0.2, -0.15) is 0 Å². The van der Waals surface area contributed by atoms with Crippen LogP contribution in [0.3, 0.4) is 0 Å². The van der Waals surface area contributed by atoms with Crippen LogP contribution in [0, 0.1) is 5.82 Å². The average Bonchev–Trinajstić information content (AvgIpc) is 3.13. The molecule has 2 heteroatoms. The summed E-state index contributed by atoms with van der Waals surface area (Å²) in [5.41, 5.74) is 2.66. The van der Waals surface area contributed by atoms with Gasteiger partial charge in [0.15, 0.2) is 11.6 Å².